The maximum atomic E-state index is 13.4. The molecule has 7 heteroatoms. The summed E-state index contributed by atoms with van der Waals surface area (Å²) in [5.41, 5.74) is 2.04. The van der Waals surface area contributed by atoms with Gasteiger partial charge >= 0.3 is 0 Å². The quantitative estimate of drug-likeness (QED) is 0.673. The zero-order chi connectivity index (χ0) is 21.1. The Bertz CT molecular complexity index is 937. The Balaban J connectivity index is 1.59. The summed E-state index contributed by atoms with van der Waals surface area (Å²) in [6.07, 6.45) is 0.752. The predicted octanol–water partition coefficient (Wildman–Crippen LogP) is 2.13. The highest BCUT2D eigenvalue weighted by atomic mass is 16.5. The number of morpholine rings is 1. The van der Waals surface area contributed by atoms with Gasteiger partial charge in [0.05, 0.1) is 18.8 Å². The Morgan fingerprint density at radius 2 is 1.83 bits per heavy atom. The van der Waals surface area contributed by atoms with Gasteiger partial charge in [-0.05, 0) is 44.6 Å². The molecule has 2 aliphatic heterocycles. The third-order valence-electron chi connectivity index (χ3n) is 5.81. The van der Waals surface area contributed by atoms with Gasteiger partial charge in [0.15, 0.2) is 0 Å². The second-order valence-electron chi connectivity index (χ2n) is 8.19. The van der Waals surface area contributed by atoms with Crippen molar-refractivity contribution >= 4 is 28.3 Å². The Labute approximate surface area is 177 Å². The minimum Gasteiger partial charge on any atom is -0.383 e. The zero-order valence-corrected chi connectivity index (χ0v) is 17.8. The van der Waals surface area contributed by atoms with Crippen LogP contribution in [0.15, 0.2) is 30.3 Å². The minimum atomic E-state index is -0.197. The van der Waals surface area contributed by atoms with Crippen molar-refractivity contribution in [3.8, 4) is 0 Å². The van der Waals surface area contributed by atoms with Crippen LogP contribution in [0.25, 0.3) is 10.8 Å². The lowest BCUT2D eigenvalue weighted by molar-refractivity contribution is 0.0398. The highest BCUT2D eigenvalue weighted by Crippen LogP contribution is 2.34. The lowest BCUT2D eigenvalue weighted by Gasteiger charge is -2.30. The minimum absolute atomic E-state index is 0.192. The van der Waals surface area contributed by atoms with Gasteiger partial charge in [-0.1, -0.05) is 18.2 Å². The monoisotopic (exact) mass is 410 g/mol. The normalized spacial score (nSPS) is 17.2. The molecule has 0 saturated carbocycles. The standard InChI is InChI=1S/C23H30N4O3/c1-25(2)10-4-11-27-22(28)18-6-3-5-17-7-8-19(21(20(17)18)23(27)29)24-9-12-26-13-15-30-16-14-26/h3,5-8,24H,4,9-16H2,1-2H3. The first kappa shape index (κ1) is 20.8. The average molecular weight is 411 g/mol. The molecule has 1 saturated heterocycles. The van der Waals surface area contributed by atoms with Crippen molar-refractivity contribution in [2.45, 2.75) is 6.42 Å². The van der Waals surface area contributed by atoms with Crippen molar-refractivity contribution in [1.82, 2.24) is 14.7 Å². The molecular formula is C23H30N4O3. The SMILES string of the molecule is CN(C)CCCN1C(=O)c2cccc3ccc(NCCN4CCOCC4)c(c23)C1=O. The largest absolute Gasteiger partial charge is 0.383 e. The molecule has 0 bridgehead atoms. The van der Waals surface area contributed by atoms with Crippen LogP contribution < -0.4 is 5.32 Å². The molecule has 2 amide bonds. The molecule has 7 nitrogen and oxygen atoms in total. The number of nitrogens with one attached hydrogen (secondary N) is 1. The molecule has 2 aromatic carbocycles. The van der Waals surface area contributed by atoms with Gasteiger partial charge in [0.2, 0.25) is 0 Å². The van der Waals surface area contributed by atoms with E-state index in [-0.39, 0.29) is 11.8 Å². The number of benzene rings is 2. The number of carbonyl (C=O) groups is 2. The number of ether oxygens (including phenoxy) is 1. The Morgan fingerprint density at radius 3 is 2.60 bits per heavy atom. The molecule has 2 heterocycles. The first-order valence-corrected chi connectivity index (χ1v) is 10.7. The molecule has 0 unspecified atom stereocenters. The number of hydrogen-bond donors (Lipinski definition) is 1. The van der Waals surface area contributed by atoms with Crippen LogP contribution in [0, 0.1) is 0 Å². The number of hydrogen-bond acceptors (Lipinski definition) is 6. The molecule has 2 aromatic rings. The van der Waals surface area contributed by atoms with E-state index in [1.54, 1.807) is 0 Å². The number of anilines is 1. The van der Waals surface area contributed by atoms with E-state index in [1.807, 2.05) is 44.4 Å². The topological polar surface area (TPSA) is 65.1 Å². The molecule has 2 aliphatic rings. The Morgan fingerprint density at radius 1 is 1.03 bits per heavy atom. The number of carbonyl (C=O) groups excluding carboxylic acids is 2. The van der Waals surface area contributed by atoms with Gasteiger partial charge < -0.3 is 15.0 Å². The fourth-order valence-corrected chi connectivity index (χ4v) is 4.22. The van der Waals surface area contributed by atoms with Gasteiger partial charge in [0, 0.05) is 49.4 Å². The number of rotatable bonds is 8. The van der Waals surface area contributed by atoms with Gasteiger partial charge in [-0.3, -0.25) is 19.4 Å². The van der Waals surface area contributed by atoms with E-state index in [4.69, 9.17) is 4.74 Å². The van der Waals surface area contributed by atoms with Crippen LogP contribution in [0.3, 0.4) is 0 Å². The van der Waals surface area contributed by atoms with Gasteiger partial charge in [0.25, 0.3) is 11.8 Å². The molecule has 4 rings (SSSR count). The van der Waals surface area contributed by atoms with E-state index in [0.717, 1.165) is 68.8 Å². The van der Waals surface area contributed by atoms with Crippen LogP contribution >= 0.6 is 0 Å². The van der Waals surface area contributed by atoms with E-state index in [9.17, 15) is 9.59 Å². The Kier molecular flexibility index (Phi) is 6.32. The van der Waals surface area contributed by atoms with E-state index in [2.05, 4.69) is 15.1 Å². The second-order valence-corrected chi connectivity index (χ2v) is 8.19. The number of nitrogens with zero attached hydrogens (tertiary/aromatic N) is 3. The molecule has 30 heavy (non-hydrogen) atoms. The van der Waals surface area contributed by atoms with Crippen molar-refractivity contribution in [2.75, 3.05) is 71.9 Å². The molecule has 160 valence electrons. The molecular weight excluding hydrogens is 380 g/mol. The summed E-state index contributed by atoms with van der Waals surface area (Å²) in [4.78, 5) is 32.3. The van der Waals surface area contributed by atoms with Crippen molar-refractivity contribution in [3.05, 3.63) is 41.5 Å². The third-order valence-corrected chi connectivity index (χ3v) is 5.81. The summed E-state index contributed by atoms with van der Waals surface area (Å²) in [5.74, 6) is -0.390. The lowest BCUT2D eigenvalue weighted by atomic mass is 9.92. The highest BCUT2D eigenvalue weighted by Gasteiger charge is 2.34. The zero-order valence-electron chi connectivity index (χ0n) is 17.8. The van der Waals surface area contributed by atoms with Gasteiger partial charge in [0.1, 0.15) is 0 Å². The summed E-state index contributed by atoms with van der Waals surface area (Å²) < 4.78 is 5.41. The Hall–Kier alpha value is -2.48. The summed E-state index contributed by atoms with van der Waals surface area (Å²) >= 11 is 0. The van der Waals surface area contributed by atoms with Crippen molar-refractivity contribution in [3.63, 3.8) is 0 Å². The summed E-state index contributed by atoms with van der Waals surface area (Å²) in [6.45, 7) is 6.29. The van der Waals surface area contributed by atoms with Crippen LogP contribution in [-0.2, 0) is 4.74 Å². The molecule has 0 aliphatic carbocycles. The maximum Gasteiger partial charge on any atom is 0.263 e. The molecule has 0 aromatic heterocycles. The first-order chi connectivity index (χ1) is 14.6. The lowest BCUT2D eigenvalue weighted by Crippen LogP contribution is -2.42. The predicted molar refractivity (Wildman–Crippen MR) is 118 cm³/mol. The van der Waals surface area contributed by atoms with E-state index in [0.29, 0.717) is 17.7 Å². The number of imide groups is 1. The van der Waals surface area contributed by atoms with Crippen LogP contribution in [0.5, 0.6) is 0 Å². The maximum absolute atomic E-state index is 13.4. The van der Waals surface area contributed by atoms with Gasteiger partial charge in [-0.2, -0.15) is 0 Å². The van der Waals surface area contributed by atoms with Crippen molar-refractivity contribution in [1.29, 1.82) is 0 Å². The van der Waals surface area contributed by atoms with Crippen LogP contribution in [0.2, 0.25) is 0 Å². The molecule has 1 fully saturated rings. The van der Waals surface area contributed by atoms with Crippen LogP contribution in [0.4, 0.5) is 5.69 Å². The first-order valence-electron chi connectivity index (χ1n) is 10.7. The molecule has 1 N–H and O–H groups in total. The summed E-state index contributed by atoms with van der Waals surface area (Å²) in [7, 11) is 3.98. The van der Waals surface area contributed by atoms with E-state index in [1.165, 1.54) is 4.90 Å². The molecule has 0 spiro atoms. The molecule has 0 atom stereocenters. The second kappa shape index (κ2) is 9.12. The van der Waals surface area contributed by atoms with Crippen LogP contribution in [0.1, 0.15) is 27.1 Å². The highest BCUT2D eigenvalue weighted by molar-refractivity contribution is 6.27. The van der Waals surface area contributed by atoms with Crippen LogP contribution in [-0.4, -0.2) is 93.1 Å². The fraction of sp³-hybridized carbons (Fsp3) is 0.478. The summed E-state index contributed by atoms with van der Waals surface area (Å²) in [6, 6.07) is 9.63. The van der Waals surface area contributed by atoms with E-state index >= 15 is 0 Å². The van der Waals surface area contributed by atoms with Gasteiger partial charge in [-0.25, -0.2) is 0 Å². The smallest absolute Gasteiger partial charge is 0.263 e. The summed E-state index contributed by atoms with van der Waals surface area (Å²) in [5, 5.41) is 5.15. The average Bonchev–Trinajstić information content (AvgIpc) is 2.75. The fourth-order valence-electron chi connectivity index (χ4n) is 4.22. The molecule has 0 radical (unpaired) electrons. The third kappa shape index (κ3) is 4.19. The van der Waals surface area contributed by atoms with Crippen molar-refractivity contribution in [2.24, 2.45) is 0 Å². The van der Waals surface area contributed by atoms with Gasteiger partial charge in [-0.15, -0.1) is 0 Å². The number of amides is 2. The van der Waals surface area contributed by atoms with E-state index < -0.39 is 0 Å². The van der Waals surface area contributed by atoms with Crippen molar-refractivity contribution < 1.29 is 14.3 Å².